The lowest BCUT2D eigenvalue weighted by Crippen LogP contribution is -2.52. The van der Waals surface area contributed by atoms with Crippen LogP contribution >= 0.6 is 0 Å². The number of carbonyl (C=O) groups excluding carboxylic acids is 2. The van der Waals surface area contributed by atoms with Crippen molar-refractivity contribution >= 4 is 11.8 Å². The molecular weight excluding hydrogens is 415 g/mol. The van der Waals surface area contributed by atoms with Gasteiger partial charge in [-0.1, -0.05) is 26.0 Å². The summed E-state index contributed by atoms with van der Waals surface area (Å²) >= 11 is 0. The first-order valence-electron chi connectivity index (χ1n) is 10.7. The van der Waals surface area contributed by atoms with Crippen molar-refractivity contribution in [3.8, 4) is 5.75 Å². The van der Waals surface area contributed by atoms with Crippen molar-refractivity contribution < 1.29 is 19.1 Å². The molecule has 2 amide bonds. The molecule has 9 heteroatoms. The molecule has 32 heavy (non-hydrogen) atoms. The number of nitrogens with zero attached hydrogens (tertiary/aromatic N) is 3. The van der Waals surface area contributed by atoms with Gasteiger partial charge in [0.25, 0.3) is 11.8 Å². The zero-order valence-corrected chi connectivity index (χ0v) is 18.3. The summed E-state index contributed by atoms with van der Waals surface area (Å²) in [5, 5.41) is 13.2. The summed E-state index contributed by atoms with van der Waals surface area (Å²) in [6.07, 6.45) is 1.15. The third kappa shape index (κ3) is 3.88. The highest BCUT2D eigenvalue weighted by molar-refractivity contribution is 5.99. The van der Waals surface area contributed by atoms with E-state index in [9.17, 15) is 23.9 Å². The van der Waals surface area contributed by atoms with Gasteiger partial charge in [0.2, 0.25) is 5.43 Å². The molecule has 8 nitrogen and oxygen atoms in total. The molecular formula is C23H27FN4O4. The second-order valence-electron chi connectivity index (χ2n) is 8.92. The number of rotatable bonds is 5. The molecule has 0 spiro atoms. The second-order valence-corrected chi connectivity index (χ2v) is 8.92. The van der Waals surface area contributed by atoms with Crippen LogP contribution in [0.25, 0.3) is 0 Å². The Morgan fingerprint density at radius 2 is 1.91 bits per heavy atom. The third-order valence-corrected chi connectivity index (χ3v) is 5.98. The maximum absolute atomic E-state index is 13.2. The Bertz CT molecular complexity index is 1110. The van der Waals surface area contributed by atoms with E-state index in [0.717, 1.165) is 6.54 Å². The van der Waals surface area contributed by atoms with Gasteiger partial charge in [0.05, 0.1) is 6.54 Å². The molecule has 3 heterocycles. The molecule has 0 radical (unpaired) electrons. The van der Waals surface area contributed by atoms with Gasteiger partial charge in [0.15, 0.2) is 11.4 Å². The van der Waals surface area contributed by atoms with Crippen LogP contribution in [0.4, 0.5) is 4.39 Å². The molecule has 2 aliphatic rings. The molecule has 0 bridgehead atoms. The van der Waals surface area contributed by atoms with Crippen molar-refractivity contribution in [1.82, 2.24) is 19.7 Å². The van der Waals surface area contributed by atoms with E-state index in [1.54, 1.807) is 4.90 Å². The molecule has 4 rings (SSSR count). The fourth-order valence-electron chi connectivity index (χ4n) is 4.58. The molecule has 1 aromatic heterocycles. The third-order valence-electron chi connectivity index (χ3n) is 5.98. The number of benzene rings is 1. The van der Waals surface area contributed by atoms with Crippen LogP contribution in [0.3, 0.4) is 0 Å². The minimum Gasteiger partial charge on any atom is -0.503 e. The summed E-state index contributed by atoms with van der Waals surface area (Å²) in [6, 6.07) is 5.58. The monoisotopic (exact) mass is 442 g/mol. The SMILES string of the molecule is CC(C)CN1C[C@@H](C)N2C(=O)c3c(O)c(=O)c(C(=O)NCc4ccc(F)cc4)cn3CC12. The Kier molecular flexibility index (Phi) is 5.77. The average molecular weight is 442 g/mol. The summed E-state index contributed by atoms with van der Waals surface area (Å²) in [4.78, 5) is 42.5. The van der Waals surface area contributed by atoms with Gasteiger partial charge in [-0.05, 0) is 30.5 Å². The van der Waals surface area contributed by atoms with Crippen LogP contribution in [0, 0.1) is 11.7 Å². The number of halogens is 1. The number of pyridine rings is 1. The van der Waals surface area contributed by atoms with Crippen molar-refractivity contribution in [2.24, 2.45) is 5.92 Å². The van der Waals surface area contributed by atoms with E-state index in [2.05, 4.69) is 24.1 Å². The normalized spacial score (nSPS) is 20.4. The van der Waals surface area contributed by atoms with Crippen LogP contribution in [0.1, 0.15) is 47.2 Å². The predicted octanol–water partition coefficient (Wildman–Crippen LogP) is 1.76. The summed E-state index contributed by atoms with van der Waals surface area (Å²) in [7, 11) is 0. The lowest BCUT2D eigenvalue weighted by molar-refractivity contribution is 0.0436. The number of nitrogens with one attached hydrogen (secondary N) is 1. The van der Waals surface area contributed by atoms with Crippen molar-refractivity contribution in [2.45, 2.75) is 46.1 Å². The molecule has 2 atom stereocenters. The molecule has 1 aromatic carbocycles. The van der Waals surface area contributed by atoms with Crippen molar-refractivity contribution in [1.29, 1.82) is 0 Å². The first kappa shape index (κ1) is 22.0. The zero-order valence-electron chi connectivity index (χ0n) is 18.3. The molecule has 1 unspecified atom stereocenters. The molecule has 0 saturated carbocycles. The lowest BCUT2D eigenvalue weighted by Gasteiger charge is -2.37. The van der Waals surface area contributed by atoms with Gasteiger partial charge in [-0.3, -0.25) is 19.3 Å². The van der Waals surface area contributed by atoms with E-state index >= 15 is 0 Å². The van der Waals surface area contributed by atoms with E-state index in [-0.39, 0.29) is 35.8 Å². The van der Waals surface area contributed by atoms with E-state index in [4.69, 9.17) is 0 Å². The van der Waals surface area contributed by atoms with Gasteiger partial charge in [-0.25, -0.2) is 4.39 Å². The molecule has 170 valence electrons. The number of hydrogen-bond acceptors (Lipinski definition) is 5. The molecule has 1 fully saturated rings. The Hall–Kier alpha value is -3.20. The van der Waals surface area contributed by atoms with Crippen molar-refractivity contribution in [3.05, 3.63) is 63.3 Å². The van der Waals surface area contributed by atoms with Crippen molar-refractivity contribution in [3.63, 3.8) is 0 Å². The van der Waals surface area contributed by atoms with Crippen LogP contribution < -0.4 is 10.7 Å². The van der Waals surface area contributed by atoms with E-state index < -0.39 is 23.0 Å². The summed E-state index contributed by atoms with van der Waals surface area (Å²) in [6.45, 7) is 8.13. The van der Waals surface area contributed by atoms with Gasteiger partial charge >= 0.3 is 0 Å². The fourth-order valence-corrected chi connectivity index (χ4v) is 4.58. The molecule has 0 aliphatic carbocycles. The number of hydrogen-bond donors (Lipinski definition) is 2. The zero-order chi connectivity index (χ0) is 23.2. The average Bonchev–Trinajstić information content (AvgIpc) is 3.04. The molecule has 2 aromatic rings. The maximum atomic E-state index is 13.2. The predicted molar refractivity (Wildman–Crippen MR) is 116 cm³/mol. The van der Waals surface area contributed by atoms with Gasteiger partial charge in [0, 0.05) is 31.9 Å². The van der Waals surface area contributed by atoms with E-state index in [1.165, 1.54) is 35.0 Å². The Morgan fingerprint density at radius 1 is 1.22 bits per heavy atom. The number of carbonyl (C=O) groups is 2. The van der Waals surface area contributed by atoms with Crippen LogP contribution in [0.2, 0.25) is 0 Å². The quantitative estimate of drug-likeness (QED) is 0.736. The fraction of sp³-hybridized carbons (Fsp3) is 0.435. The van der Waals surface area contributed by atoms with Crippen molar-refractivity contribution in [2.75, 3.05) is 13.1 Å². The van der Waals surface area contributed by atoms with Gasteiger partial charge < -0.3 is 19.9 Å². The maximum Gasteiger partial charge on any atom is 0.276 e. The van der Waals surface area contributed by atoms with E-state index in [1.807, 2.05) is 6.92 Å². The Labute approximate surface area is 185 Å². The largest absolute Gasteiger partial charge is 0.503 e. The smallest absolute Gasteiger partial charge is 0.276 e. The van der Waals surface area contributed by atoms with Crippen LogP contribution in [0.5, 0.6) is 5.75 Å². The van der Waals surface area contributed by atoms with Gasteiger partial charge in [-0.15, -0.1) is 0 Å². The number of fused-ring (bicyclic) bond motifs is 2. The first-order chi connectivity index (χ1) is 15.2. The van der Waals surface area contributed by atoms with Crippen LogP contribution in [0.15, 0.2) is 35.3 Å². The molecule has 2 aliphatic heterocycles. The lowest BCUT2D eigenvalue weighted by atomic mass is 10.1. The summed E-state index contributed by atoms with van der Waals surface area (Å²) < 4.78 is 14.6. The minimum atomic E-state index is -0.884. The molecule has 1 saturated heterocycles. The highest BCUT2D eigenvalue weighted by Crippen LogP contribution is 2.31. The minimum absolute atomic E-state index is 0.0480. The Morgan fingerprint density at radius 3 is 2.56 bits per heavy atom. The second kappa shape index (κ2) is 8.38. The first-order valence-corrected chi connectivity index (χ1v) is 10.7. The van der Waals surface area contributed by atoms with Gasteiger partial charge in [0.1, 0.15) is 17.5 Å². The van der Waals surface area contributed by atoms with Crippen LogP contribution in [-0.4, -0.2) is 56.6 Å². The molecule has 2 N–H and O–H groups in total. The summed E-state index contributed by atoms with van der Waals surface area (Å²) in [5.74, 6) is -1.76. The standard InChI is InChI=1S/C23H27FN4O4/c1-13(2)9-26-10-14(3)28-18(26)12-27-11-17(20(29)21(30)19(27)23(28)32)22(31)25-8-15-4-6-16(24)7-5-15/h4-7,11,13-14,18,30H,8-10,12H2,1-3H3,(H,25,31)/t14-,18?/m1/s1. The topological polar surface area (TPSA) is 94.9 Å². The van der Waals surface area contributed by atoms with Gasteiger partial charge in [-0.2, -0.15) is 0 Å². The highest BCUT2D eigenvalue weighted by Gasteiger charge is 2.45. The Balaban J connectivity index is 1.62. The number of amides is 2. The number of aromatic nitrogens is 1. The van der Waals surface area contributed by atoms with Crippen LogP contribution in [-0.2, 0) is 13.1 Å². The van der Waals surface area contributed by atoms with E-state index in [0.29, 0.717) is 24.6 Å². The summed E-state index contributed by atoms with van der Waals surface area (Å²) in [5.41, 5.74) is -0.543. The number of aromatic hydroxyl groups is 1. The highest BCUT2D eigenvalue weighted by atomic mass is 19.1.